The van der Waals surface area contributed by atoms with Crippen LogP contribution in [0.25, 0.3) is 0 Å². The number of hydrogen-bond acceptors (Lipinski definition) is 2. The van der Waals surface area contributed by atoms with Crippen LogP contribution >= 0.6 is 0 Å². The quantitative estimate of drug-likeness (QED) is 0.805. The van der Waals surface area contributed by atoms with Gasteiger partial charge in [-0.25, -0.2) is 0 Å². The van der Waals surface area contributed by atoms with E-state index in [1.807, 2.05) is 13.8 Å². The maximum Gasteiger partial charge on any atom is 0.418 e. The van der Waals surface area contributed by atoms with E-state index in [4.69, 9.17) is 0 Å². The molecule has 1 heterocycles. The fraction of sp³-hybridized carbons (Fsp3) is 0.500. The van der Waals surface area contributed by atoms with Crippen LogP contribution in [0.2, 0.25) is 0 Å². The minimum atomic E-state index is -4.60. The lowest BCUT2D eigenvalue weighted by Crippen LogP contribution is -2.47. The van der Waals surface area contributed by atoms with Crippen molar-refractivity contribution in [2.24, 2.45) is 11.8 Å². The van der Waals surface area contributed by atoms with E-state index in [2.05, 4.69) is 5.32 Å². The minimum absolute atomic E-state index is 0.262. The molecular formula is C16H19F3N2O2. The highest BCUT2D eigenvalue weighted by Crippen LogP contribution is 2.34. The first-order valence-corrected chi connectivity index (χ1v) is 7.45. The van der Waals surface area contributed by atoms with E-state index >= 15 is 0 Å². The Morgan fingerprint density at radius 2 is 1.70 bits per heavy atom. The third kappa shape index (κ3) is 4.24. The molecule has 2 amide bonds. The van der Waals surface area contributed by atoms with Crippen molar-refractivity contribution in [3.05, 3.63) is 29.8 Å². The van der Waals surface area contributed by atoms with Crippen LogP contribution in [0.5, 0.6) is 0 Å². The summed E-state index contributed by atoms with van der Waals surface area (Å²) in [5, 5.41) is 2.09. The zero-order valence-electron chi connectivity index (χ0n) is 13.0. The highest BCUT2D eigenvalue weighted by Gasteiger charge is 2.35. The normalized spacial score (nSPS) is 21.9. The first-order chi connectivity index (χ1) is 10.7. The Morgan fingerprint density at radius 1 is 1.13 bits per heavy atom. The monoisotopic (exact) mass is 328 g/mol. The molecule has 126 valence electrons. The fourth-order valence-electron chi connectivity index (χ4n) is 2.99. The molecule has 4 nitrogen and oxygen atoms in total. The van der Waals surface area contributed by atoms with Gasteiger partial charge in [0.2, 0.25) is 0 Å². The Kier molecular flexibility index (Phi) is 4.97. The molecule has 2 unspecified atom stereocenters. The number of rotatable bonds is 1. The van der Waals surface area contributed by atoms with Gasteiger partial charge in [-0.2, -0.15) is 13.2 Å². The van der Waals surface area contributed by atoms with Gasteiger partial charge in [-0.05, 0) is 30.4 Å². The summed E-state index contributed by atoms with van der Waals surface area (Å²) in [6, 6.07) is 4.61. The molecule has 1 aromatic rings. The number of anilines is 1. The summed E-state index contributed by atoms with van der Waals surface area (Å²) in [5.41, 5.74) is -1.38. The number of carbonyl (C=O) groups is 2. The van der Waals surface area contributed by atoms with E-state index in [1.165, 1.54) is 17.0 Å². The molecule has 23 heavy (non-hydrogen) atoms. The van der Waals surface area contributed by atoms with Crippen molar-refractivity contribution < 1.29 is 22.8 Å². The van der Waals surface area contributed by atoms with Crippen LogP contribution in [0.1, 0.15) is 25.8 Å². The number of piperidine rings is 1. The van der Waals surface area contributed by atoms with Crippen molar-refractivity contribution in [2.75, 3.05) is 18.4 Å². The van der Waals surface area contributed by atoms with Crippen LogP contribution in [0.15, 0.2) is 24.3 Å². The standard InChI is InChI=1S/C16H19F3N2O2/c1-10-7-11(2)9-21(8-10)15(23)14(22)20-13-6-4-3-5-12(13)16(17,18)19/h3-6,10-11H,7-9H2,1-2H3,(H,20,22). The average Bonchev–Trinajstić information content (AvgIpc) is 2.44. The summed E-state index contributed by atoms with van der Waals surface area (Å²) >= 11 is 0. The minimum Gasteiger partial charge on any atom is -0.334 e. The van der Waals surface area contributed by atoms with E-state index in [-0.39, 0.29) is 11.8 Å². The number of likely N-dealkylation sites (tertiary alicyclic amines) is 1. The van der Waals surface area contributed by atoms with Gasteiger partial charge in [0.15, 0.2) is 0 Å². The highest BCUT2D eigenvalue weighted by molar-refractivity contribution is 6.39. The number of benzene rings is 1. The van der Waals surface area contributed by atoms with Gasteiger partial charge in [0, 0.05) is 13.1 Å². The molecule has 1 aromatic carbocycles. The molecule has 2 atom stereocenters. The number of amides is 2. The Bertz CT molecular complexity index is 591. The van der Waals surface area contributed by atoms with Crippen LogP contribution in [0.3, 0.4) is 0 Å². The molecule has 1 N–H and O–H groups in total. The van der Waals surface area contributed by atoms with Crippen molar-refractivity contribution in [3.8, 4) is 0 Å². The molecule has 0 radical (unpaired) electrons. The smallest absolute Gasteiger partial charge is 0.334 e. The lowest BCUT2D eigenvalue weighted by atomic mass is 9.92. The van der Waals surface area contributed by atoms with Crippen molar-refractivity contribution in [1.82, 2.24) is 4.90 Å². The number of para-hydroxylation sites is 1. The molecule has 0 spiro atoms. The van der Waals surface area contributed by atoms with Gasteiger partial charge in [-0.1, -0.05) is 26.0 Å². The first kappa shape index (κ1) is 17.3. The lowest BCUT2D eigenvalue weighted by molar-refractivity contribution is -0.145. The van der Waals surface area contributed by atoms with Crippen LogP contribution in [-0.2, 0) is 15.8 Å². The molecule has 0 aliphatic carbocycles. The first-order valence-electron chi connectivity index (χ1n) is 7.45. The summed E-state index contributed by atoms with van der Waals surface area (Å²) in [5.74, 6) is -1.31. The molecule has 1 saturated heterocycles. The van der Waals surface area contributed by atoms with Gasteiger partial charge >= 0.3 is 18.0 Å². The molecule has 7 heteroatoms. The van der Waals surface area contributed by atoms with E-state index in [0.717, 1.165) is 18.6 Å². The molecule has 1 aliphatic heterocycles. The lowest BCUT2D eigenvalue weighted by Gasteiger charge is -2.34. The zero-order chi connectivity index (χ0) is 17.2. The van der Waals surface area contributed by atoms with Crippen LogP contribution in [0, 0.1) is 11.8 Å². The second kappa shape index (κ2) is 6.60. The number of halogens is 3. The number of nitrogens with one attached hydrogen (secondary N) is 1. The number of hydrogen-bond donors (Lipinski definition) is 1. The summed E-state index contributed by atoms with van der Waals surface area (Å²) < 4.78 is 38.7. The zero-order valence-corrected chi connectivity index (χ0v) is 13.0. The van der Waals surface area contributed by atoms with Gasteiger partial charge < -0.3 is 10.2 Å². The molecular weight excluding hydrogens is 309 g/mol. The van der Waals surface area contributed by atoms with Crippen molar-refractivity contribution in [3.63, 3.8) is 0 Å². The van der Waals surface area contributed by atoms with Gasteiger partial charge in [0.1, 0.15) is 0 Å². The molecule has 0 aromatic heterocycles. The van der Waals surface area contributed by atoms with Crippen molar-refractivity contribution >= 4 is 17.5 Å². The molecule has 1 aliphatic rings. The van der Waals surface area contributed by atoms with Crippen LogP contribution < -0.4 is 5.32 Å². The predicted molar refractivity (Wildman–Crippen MR) is 79.6 cm³/mol. The molecule has 2 rings (SSSR count). The summed E-state index contributed by atoms with van der Waals surface area (Å²) in [6.45, 7) is 4.84. The maximum atomic E-state index is 12.9. The Labute approximate surface area is 132 Å². The van der Waals surface area contributed by atoms with Crippen LogP contribution in [-0.4, -0.2) is 29.8 Å². The van der Waals surface area contributed by atoms with Gasteiger partial charge in [0.25, 0.3) is 0 Å². The highest BCUT2D eigenvalue weighted by atomic mass is 19.4. The third-order valence-electron chi connectivity index (χ3n) is 3.83. The van der Waals surface area contributed by atoms with Crippen molar-refractivity contribution in [1.29, 1.82) is 0 Å². The van der Waals surface area contributed by atoms with E-state index in [1.54, 1.807) is 0 Å². The summed E-state index contributed by atoms with van der Waals surface area (Å²) in [6.07, 6.45) is -3.64. The molecule has 0 bridgehead atoms. The second-order valence-corrected chi connectivity index (χ2v) is 6.15. The SMILES string of the molecule is CC1CC(C)CN(C(=O)C(=O)Nc2ccccc2C(F)(F)F)C1. The van der Waals surface area contributed by atoms with Crippen molar-refractivity contribution in [2.45, 2.75) is 26.4 Å². The predicted octanol–water partition coefficient (Wildman–Crippen LogP) is 3.15. The van der Waals surface area contributed by atoms with Gasteiger partial charge in [-0.15, -0.1) is 0 Å². The number of carbonyl (C=O) groups excluding carboxylic acids is 2. The van der Waals surface area contributed by atoms with Crippen LogP contribution in [0.4, 0.5) is 18.9 Å². The van der Waals surface area contributed by atoms with E-state index in [9.17, 15) is 22.8 Å². The molecule has 1 fully saturated rings. The fourth-order valence-corrected chi connectivity index (χ4v) is 2.99. The Morgan fingerprint density at radius 3 is 2.26 bits per heavy atom. The largest absolute Gasteiger partial charge is 0.418 e. The molecule has 0 saturated carbocycles. The topological polar surface area (TPSA) is 49.4 Å². The summed E-state index contributed by atoms with van der Waals surface area (Å²) in [7, 11) is 0. The van der Waals surface area contributed by atoms with E-state index < -0.39 is 29.2 Å². The number of nitrogens with zero attached hydrogens (tertiary/aromatic N) is 1. The third-order valence-corrected chi connectivity index (χ3v) is 3.83. The van der Waals surface area contributed by atoms with Gasteiger partial charge in [0.05, 0.1) is 11.3 Å². The maximum absolute atomic E-state index is 12.9. The number of alkyl halides is 3. The Balaban J connectivity index is 2.12. The average molecular weight is 328 g/mol. The second-order valence-electron chi connectivity index (χ2n) is 6.15. The van der Waals surface area contributed by atoms with Gasteiger partial charge in [-0.3, -0.25) is 9.59 Å². The van der Waals surface area contributed by atoms with E-state index in [0.29, 0.717) is 13.1 Å². The Hall–Kier alpha value is -2.05. The summed E-state index contributed by atoms with van der Waals surface area (Å²) in [4.78, 5) is 25.6.